The van der Waals surface area contributed by atoms with Crippen molar-refractivity contribution in [3.05, 3.63) is 54.4 Å². The Morgan fingerprint density at radius 1 is 1.24 bits per heavy atom. The summed E-state index contributed by atoms with van der Waals surface area (Å²) in [7, 11) is -3.68. The van der Waals surface area contributed by atoms with Crippen LogP contribution in [0.1, 0.15) is 31.7 Å². The highest BCUT2D eigenvalue weighted by molar-refractivity contribution is 7.89. The van der Waals surface area contributed by atoms with Gasteiger partial charge in [0.1, 0.15) is 0 Å². The molecule has 4 rings (SSSR count). The summed E-state index contributed by atoms with van der Waals surface area (Å²) in [6.45, 7) is 2.09. The lowest BCUT2D eigenvalue weighted by Gasteiger charge is -2.41. The molecule has 2 fully saturated rings. The van der Waals surface area contributed by atoms with Crippen LogP contribution in [0.5, 0.6) is 0 Å². The summed E-state index contributed by atoms with van der Waals surface area (Å²) in [5.41, 5.74) is 0.252. The van der Waals surface area contributed by atoms with Crippen molar-refractivity contribution in [2.24, 2.45) is 11.8 Å². The van der Waals surface area contributed by atoms with E-state index in [-0.39, 0.29) is 29.2 Å². The van der Waals surface area contributed by atoms with E-state index >= 15 is 0 Å². The normalized spacial score (nSPS) is 27.4. The Balaban J connectivity index is 1.58. The van der Waals surface area contributed by atoms with Gasteiger partial charge >= 0.3 is 0 Å². The molecule has 1 aromatic carbocycles. The van der Waals surface area contributed by atoms with Crippen molar-refractivity contribution in [1.29, 1.82) is 0 Å². The Morgan fingerprint density at radius 3 is 2.66 bits per heavy atom. The predicted octanol–water partition coefficient (Wildman–Crippen LogP) is 2.35. The zero-order valence-corrected chi connectivity index (χ0v) is 17.1. The molecular weight excluding hydrogens is 390 g/mol. The molecule has 2 aliphatic rings. The van der Waals surface area contributed by atoms with Crippen molar-refractivity contribution in [1.82, 2.24) is 9.29 Å². The van der Waals surface area contributed by atoms with Gasteiger partial charge in [0, 0.05) is 49.6 Å². The topological polar surface area (TPSA) is 99.6 Å². The molecule has 0 unspecified atom stereocenters. The smallest absolute Gasteiger partial charge is 0.243 e. The van der Waals surface area contributed by atoms with E-state index in [2.05, 4.69) is 10.3 Å². The SMILES string of the molecule is CC(=O)Nc1ccc(S(=O)(=O)N2C[C@@H]3CCC[C@](O)(c4cccnc4)[C@@H]3C2)cc1. The number of nitrogens with zero attached hydrogens (tertiary/aromatic N) is 2. The van der Waals surface area contributed by atoms with Crippen LogP contribution in [0.15, 0.2) is 53.7 Å². The highest BCUT2D eigenvalue weighted by Crippen LogP contribution is 2.48. The van der Waals surface area contributed by atoms with Crippen molar-refractivity contribution < 1.29 is 18.3 Å². The van der Waals surface area contributed by atoms with Crippen LogP contribution < -0.4 is 5.32 Å². The molecule has 2 N–H and O–H groups in total. The molecule has 1 saturated heterocycles. The predicted molar refractivity (Wildman–Crippen MR) is 108 cm³/mol. The molecule has 2 aromatic rings. The fourth-order valence-electron chi connectivity index (χ4n) is 4.72. The number of hydrogen-bond donors (Lipinski definition) is 2. The third-order valence-corrected chi connectivity index (χ3v) is 7.97. The summed E-state index contributed by atoms with van der Waals surface area (Å²) in [5, 5.41) is 14.1. The number of carbonyl (C=O) groups is 1. The van der Waals surface area contributed by atoms with Crippen molar-refractivity contribution in [2.75, 3.05) is 18.4 Å². The quantitative estimate of drug-likeness (QED) is 0.799. The van der Waals surface area contributed by atoms with Crippen molar-refractivity contribution in [3.8, 4) is 0 Å². The summed E-state index contributed by atoms with van der Waals surface area (Å²) < 4.78 is 27.9. The number of aliphatic hydroxyl groups is 1. The largest absolute Gasteiger partial charge is 0.385 e. The van der Waals surface area contributed by atoms with Gasteiger partial charge in [-0.3, -0.25) is 9.78 Å². The van der Waals surface area contributed by atoms with Gasteiger partial charge in [-0.15, -0.1) is 0 Å². The summed E-state index contributed by atoms with van der Waals surface area (Å²) in [6.07, 6.45) is 5.72. The van der Waals surface area contributed by atoms with Gasteiger partial charge in [0.15, 0.2) is 0 Å². The van der Waals surface area contributed by atoms with Gasteiger partial charge in [-0.05, 0) is 55.5 Å². The Bertz CT molecular complexity index is 994. The fraction of sp³-hybridized carbons (Fsp3) is 0.429. The van der Waals surface area contributed by atoms with E-state index in [0.717, 1.165) is 18.4 Å². The maximum Gasteiger partial charge on any atom is 0.243 e. The summed E-state index contributed by atoms with van der Waals surface area (Å²) in [4.78, 5) is 15.5. The molecule has 1 saturated carbocycles. The number of benzene rings is 1. The zero-order chi connectivity index (χ0) is 20.6. The molecule has 154 valence electrons. The first kappa shape index (κ1) is 20.0. The summed E-state index contributed by atoms with van der Waals surface area (Å²) in [5.74, 6) is -0.254. The molecule has 29 heavy (non-hydrogen) atoms. The molecule has 1 aliphatic heterocycles. The summed E-state index contributed by atoms with van der Waals surface area (Å²) >= 11 is 0. The molecule has 0 radical (unpaired) electrons. The van der Waals surface area contributed by atoms with Gasteiger partial charge in [0.2, 0.25) is 15.9 Å². The molecule has 2 heterocycles. The van der Waals surface area contributed by atoms with Crippen molar-refractivity contribution in [2.45, 2.75) is 36.7 Å². The number of fused-ring (bicyclic) bond motifs is 1. The first-order chi connectivity index (χ1) is 13.8. The van der Waals surface area contributed by atoms with Crippen LogP contribution in [0.2, 0.25) is 0 Å². The van der Waals surface area contributed by atoms with Gasteiger partial charge in [-0.2, -0.15) is 4.31 Å². The van der Waals surface area contributed by atoms with Gasteiger partial charge in [-0.25, -0.2) is 8.42 Å². The lowest BCUT2D eigenvalue weighted by molar-refractivity contribution is -0.114. The van der Waals surface area contributed by atoms with Crippen LogP contribution in [0.3, 0.4) is 0 Å². The standard InChI is InChI=1S/C21H25N3O4S/c1-15(25)23-18-6-8-19(9-7-18)29(27,28)24-13-16-4-2-10-21(26,20(16)14-24)17-5-3-11-22-12-17/h3,5-9,11-12,16,20,26H,2,4,10,13-14H2,1H3,(H,23,25)/t16-,20+,21-/m0/s1. The molecule has 1 aromatic heterocycles. The average molecular weight is 416 g/mol. The monoisotopic (exact) mass is 415 g/mol. The minimum atomic E-state index is -3.68. The number of sulfonamides is 1. The first-order valence-corrected chi connectivity index (χ1v) is 11.3. The second kappa shape index (κ2) is 7.51. The van der Waals surface area contributed by atoms with Gasteiger partial charge in [0.05, 0.1) is 10.5 Å². The number of rotatable bonds is 4. The number of pyridine rings is 1. The Morgan fingerprint density at radius 2 is 2.00 bits per heavy atom. The van der Waals surface area contributed by atoms with Gasteiger partial charge in [-0.1, -0.05) is 6.07 Å². The Hall–Kier alpha value is -2.29. The number of nitrogens with one attached hydrogen (secondary N) is 1. The Labute approximate surface area is 170 Å². The molecule has 8 heteroatoms. The Kier molecular flexibility index (Phi) is 5.18. The van der Waals surface area contributed by atoms with Crippen molar-refractivity contribution in [3.63, 3.8) is 0 Å². The highest BCUT2D eigenvalue weighted by Gasteiger charge is 2.52. The summed E-state index contributed by atoms with van der Waals surface area (Å²) in [6, 6.07) is 9.86. The molecule has 3 atom stereocenters. The number of amides is 1. The van der Waals surface area contributed by atoms with E-state index in [0.29, 0.717) is 18.7 Å². The second-order valence-electron chi connectivity index (χ2n) is 7.95. The lowest BCUT2D eigenvalue weighted by atomic mass is 9.68. The van der Waals surface area contributed by atoms with Gasteiger partial charge < -0.3 is 10.4 Å². The third kappa shape index (κ3) is 3.68. The van der Waals surface area contributed by atoms with E-state index < -0.39 is 15.6 Å². The van der Waals surface area contributed by atoms with E-state index in [4.69, 9.17) is 0 Å². The molecule has 1 aliphatic carbocycles. The third-order valence-electron chi connectivity index (χ3n) is 6.13. The van der Waals surface area contributed by atoms with E-state index in [1.807, 2.05) is 6.07 Å². The fourth-order valence-corrected chi connectivity index (χ4v) is 6.24. The van der Waals surface area contributed by atoms with Crippen LogP contribution in [-0.2, 0) is 20.4 Å². The minimum Gasteiger partial charge on any atom is -0.385 e. The van der Waals surface area contributed by atoms with E-state index in [1.54, 1.807) is 30.6 Å². The highest BCUT2D eigenvalue weighted by atomic mass is 32.2. The maximum absolute atomic E-state index is 13.2. The molecule has 0 spiro atoms. The molecule has 1 amide bonds. The van der Waals surface area contributed by atoms with Crippen LogP contribution in [0.4, 0.5) is 5.69 Å². The number of aromatic nitrogens is 1. The second-order valence-corrected chi connectivity index (χ2v) is 9.89. The lowest BCUT2D eigenvalue weighted by Crippen LogP contribution is -2.43. The first-order valence-electron chi connectivity index (χ1n) is 9.81. The van der Waals surface area contributed by atoms with Crippen LogP contribution in [0, 0.1) is 11.8 Å². The minimum absolute atomic E-state index is 0.113. The maximum atomic E-state index is 13.2. The molecule has 7 nitrogen and oxygen atoms in total. The van der Waals surface area contributed by atoms with E-state index in [1.165, 1.54) is 23.4 Å². The van der Waals surface area contributed by atoms with Crippen molar-refractivity contribution >= 4 is 21.6 Å². The van der Waals surface area contributed by atoms with Crippen LogP contribution in [0.25, 0.3) is 0 Å². The zero-order valence-electron chi connectivity index (χ0n) is 16.3. The molecule has 0 bridgehead atoms. The van der Waals surface area contributed by atoms with E-state index in [9.17, 15) is 18.3 Å². The van der Waals surface area contributed by atoms with Crippen LogP contribution in [-0.4, -0.2) is 41.8 Å². The number of anilines is 1. The van der Waals surface area contributed by atoms with Gasteiger partial charge in [0.25, 0.3) is 0 Å². The van der Waals surface area contributed by atoms with Crippen LogP contribution >= 0.6 is 0 Å². The number of carbonyl (C=O) groups excluding carboxylic acids is 1. The average Bonchev–Trinajstić information content (AvgIpc) is 3.16. The number of hydrogen-bond acceptors (Lipinski definition) is 5. The molecular formula is C21H25N3O4S.